The van der Waals surface area contributed by atoms with Crippen molar-refractivity contribution in [3.05, 3.63) is 46.5 Å². The lowest BCUT2D eigenvalue weighted by molar-refractivity contribution is 0.778. The molecule has 20 heavy (non-hydrogen) atoms. The number of para-hydroxylation sites is 1. The van der Waals surface area contributed by atoms with Crippen LogP contribution in [0.3, 0.4) is 0 Å². The average Bonchev–Trinajstić information content (AvgIpc) is 2.49. The van der Waals surface area contributed by atoms with E-state index in [1.165, 1.54) is 20.7 Å². The van der Waals surface area contributed by atoms with Crippen molar-refractivity contribution in [2.75, 3.05) is 5.75 Å². The van der Waals surface area contributed by atoms with Crippen molar-refractivity contribution in [3.8, 4) is 6.07 Å². The Morgan fingerprint density at radius 2 is 2.20 bits per heavy atom. The van der Waals surface area contributed by atoms with Crippen LogP contribution in [0.4, 0.5) is 5.69 Å². The van der Waals surface area contributed by atoms with Crippen LogP contribution in [0, 0.1) is 17.2 Å². The van der Waals surface area contributed by atoms with Gasteiger partial charge in [0.1, 0.15) is 0 Å². The van der Waals surface area contributed by atoms with E-state index in [9.17, 15) is 0 Å². The summed E-state index contributed by atoms with van der Waals surface area (Å²) in [5, 5.41) is 8.99. The highest BCUT2D eigenvalue weighted by atomic mass is 79.9. The highest BCUT2D eigenvalue weighted by Gasteiger charge is 2.26. The molecule has 0 saturated carbocycles. The quantitative estimate of drug-likeness (QED) is 0.756. The number of benzene rings is 1. The summed E-state index contributed by atoms with van der Waals surface area (Å²) >= 11 is 5.41. The molecule has 2 aliphatic rings. The monoisotopic (exact) mass is 344 g/mol. The number of aliphatic imine (C=N–C) groups is 1. The van der Waals surface area contributed by atoms with Crippen molar-refractivity contribution in [3.63, 3.8) is 0 Å². The van der Waals surface area contributed by atoms with E-state index in [4.69, 9.17) is 10.3 Å². The number of rotatable bonds is 2. The maximum atomic E-state index is 8.99. The first-order chi connectivity index (χ1) is 9.78. The van der Waals surface area contributed by atoms with Crippen molar-refractivity contribution < 1.29 is 0 Å². The number of hydrogen-bond donors (Lipinski definition) is 0. The predicted octanol–water partition coefficient (Wildman–Crippen LogP) is 5.00. The van der Waals surface area contributed by atoms with Crippen LogP contribution in [0.15, 0.2) is 56.4 Å². The van der Waals surface area contributed by atoms with Crippen LogP contribution in [-0.2, 0) is 0 Å². The van der Waals surface area contributed by atoms with E-state index >= 15 is 0 Å². The average molecular weight is 345 g/mol. The topological polar surface area (TPSA) is 36.1 Å². The predicted molar refractivity (Wildman–Crippen MR) is 87.7 cm³/mol. The molecule has 2 nitrogen and oxygen atoms in total. The molecule has 100 valence electrons. The van der Waals surface area contributed by atoms with E-state index in [1.807, 2.05) is 30.0 Å². The van der Waals surface area contributed by atoms with Crippen molar-refractivity contribution in [1.29, 1.82) is 5.26 Å². The smallest absolute Gasteiger partial charge is 0.0765 e. The zero-order valence-electron chi connectivity index (χ0n) is 10.8. The third-order valence-electron chi connectivity index (χ3n) is 3.52. The standard InChI is InChI=1S/C16H13BrN2S/c17-12-6-5-11(7-8-18)13(9-12)15-10-20-16-4-2-1-3-14(16)19-15/h1-6,13H,7,9-10H2. The summed E-state index contributed by atoms with van der Waals surface area (Å²) in [6.07, 6.45) is 5.50. The highest BCUT2D eigenvalue weighted by molar-refractivity contribution is 9.11. The first-order valence-electron chi connectivity index (χ1n) is 6.49. The Morgan fingerprint density at radius 3 is 3.05 bits per heavy atom. The van der Waals surface area contributed by atoms with Gasteiger partial charge in [-0.2, -0.15) is 5.26 Å². The maximum Gasteiger partial charge on any atom is 0.0765 e. The molecule has 0 fully saturated rings. The van der Waals surface area contributed by atoms with Gasteiger partial charge in [-0.15, -0.1) is 11.8 Å². The van der Waals surface area contributed by atoms with Gasteiger partial charge in [0.05, 0.1) is 18.2 Å². The summed E-state index contributed by atoms with van der Waals surface area (Å²) in [5.41, 5.74) is 3.41. The number of nitrogens with zero attached hydrogens (tertiary/aromatic N) is 2. The van der Waals surface area contributed by atoms with E-state index in [1.54, 1.807) is 0 Å². The molecule has 1 aliphatic carbocycles. The molecule has 0 amide bonds. The van der Waals surface area contributed by atoms with Gasteiger partial charge in [0, 0.05) is 22.3 Å². The number of allylic oxidation sites excluding steroid dienone is 4. The van der Waals surface area contributed by atoms with E-state index in [2.05, 4.69) is 40.2 Å². The maximum absolute atomic E-state index is 8.99. The first-order valence-corrected chi connectivity index (χ1v) is 8.27. The van der Waals surface area contributed by atoms with Crippen molar-refractivity contribution in [1.82, 2.24) is 0 Å². The van der Waals surface area contributed by atoms with Crippen LogP contribution < -0.4 is 0 Å². The van der Waals surface area contributed by atoms with Gasteiger partial charge in [0.2, 0.25) is 0 Å². The van der Waals surface area contributed by atoms with E-state index in [0.29, 0.717) is 6.42 Å². The van der Waals surface area contributed by atoms with Crippen LogP contribution in [0.1, 0.15) is 12.8 Å². The number of nitriles is 1. The van der Waals surface area contributed by atoms with Crippen molar-refractivity contribution in [2.24, 2.45) is 10.9 Å². The fourth-order valence-corrected chi connectivity index (χ4v) is 3.96. The Morgan fingerprint density at radius 1 is 1.35 bits per heavy atom. The lowest BCUT2D eigenvalue weighted by Gasteiger charge is -2.26. The molecule has 1 atom stereocenters. The van der Waals surface area contributed by atoms with E-state index in [-0.39, 0.29) is 5.92 Å². The summed E-state index contributed by atoms with van der Waals surface area (Å²) in [5.74, 6) is 1.17. The van der Waals surface area contributed by atoms with Crippen molar-refractivity contribution >= 4 is 39.1 Å². The largest absolute Gasteiger partial charge is 0.255 e. The van der Waals surface area contributed by atoms with Gasteiger partial charge >= 0.3 is 0 Å². The molecule has 3 rings (SSSR count). The molecule has 1 aromatic carbocycles. The van der Waals surface area contributed by atoms with Crippen LogP contribution >= 0.6 is 27.7 Å². The second kappa shape index (κ2) is 5.99. The Balaban J connectivity index is 1.94. The first kappa shape index (κ1) is 13.7. The zero-order chi connectivity index (χ0) is 13.9. The Hall–Kier alpha value is -1.31. The molecule has 0 saturated heterocycles. The van der Waals surface area contributed by atoms with Crippen LogP contribution in [0.25, 0.3) is 0 Å². The minimum absolute atomic E-state index is 0.259. The van der Waals surface area contributed by atoms with Crippen LogP contribution in [0.2, 0.25) is 0 Å². The second-order valence-corrected chi connectivity index (χ2v) is 6.84. The number of fused-ring (bicyclic) bond motifs is 1. The molecule has 0 N–H and O–H groups in total. The molecule has 1 heterocycles. The number of halogens is 1. The molecule has 0 bridgehead atoms. The minimum atomic E-state index is 0.259. The molecule has 4 heteroatoms. The van der Waals surface area contributed by atoms with E-state index < -0.39 is 0 Å². The fraction of sp³-hybridized carbons (Fsp3) is 0.250. The van der Waals surface area contributed by atoms with Gasteiger partial charge in [-0.05, 0) is 28.6 Å². The van der Waals surface area contributed by atoms with E-state index in [0.717, 1.165) is 17.9 Å². The molecule has 1 unspecified atom stereocenters. The second-order valence-electron chi connectivity index (χ2n) is 4.81. The Kier molecular flexibility index (Phi) is 4.09. The molecular formula is C16H13BrN2S. The number of hydrogen-bond acceptors (Lipinski definition) is 3. The number of thioether (sulfide) groups is 1. The third kappa shape index (κ3) is 2.74. The molecule has 1 aromatic rings. The van der Waals surface area contributed by atoms with Crippen molar-refractivity contribution in [2.45, 2.75) is 17.7 Å². The van der Waals surface area contributed by atoms with Gasteiger partial charge in [-0.25, -0.2) is 0 Å². The Bertz CT molecular complexity index is 667. The van der Waals surface area contributed by atoms with Gasteiger partial charge < -0.3 is 0 Å². The minimum Gasteiger partial charge on any atom is -0.255 e. The van der Waals surface area contributed by atoms with Gasteiger partial charge in [0.25, 0.3) is 0 Å². The lowest BCUT2D eigenvalue weighted by atomic mass is 9.86. The molecule has 0 aromatic heterocycles. The van der Waals surface area contributed by atoms with Crippen LogP contribution in [0.5, 0.6) is 0 Å². The summed E-state index contributed by atoms with van der Waals surface area (Å²) in [6.45, 7) is 0. The molecule has 0 radical (unpaired) electrons. The van der Waals surface area contributed by atoms with Gasteiger partial charge in [-0.1, -0.05) is 40.2 Å². The lowest BCUT2D eigenvalue weighted by Crippen LogP contribution is -2.22. The van der Waals surface area contributed by atoms with Gasteiger partial charge in [0.15, 0.2) is 0 Å². The molecule has 0 spiro atoms. The summed E-state index contributed by atoms with van der Waals surface area (Å²) in [7, 11) is 0. The zero-order valence-corrected chi connectivity index (χ0v) is 13.2. The summed E-state index contributed by atoms with van der Waals surface area (Å²) in [6, 6.07) is 10.5. The summed E-state index contributed by atoms with van der Waals surface area (Å²) < 4.78 is 1.18. The molecular weight excluding hydrogens is 332 g/mol. The Labute approximate surface area is 131 Å². The van der Waals surface area contributed by atoms with Crippen LogP contribution in [-0.4, -0.2) is 11.5 Å². The highest BCUT2D eigenvalue weighted by Crippen LogP contribution is 2.39. The summed E-state index contributed by atoms with van der Waals surface area (Å²) in [4.78, 5) is 6.08. The SMILES string of the molecule is N#CCC1=CC=C(Br)CC1C1=Nc2ccccc2SC1. The third-order valence-corrected chi connectivity index (χ3v) is 5.20. The normalized spacial score (nSPS) is 21.2. The fourth-order valence-electron chi connectivity index (χ4n) is 2.50. The molecule has 1 aliphatic heterocycles. The van der Waals surface area contributed by atoms with Gasteiger partial charge in [-0.3, -0.25) is 4.99 Å².